The molecule has 1 atom stereocenters. The van der Waals surface area contributed by atoms with Gasteiger partial charge < -0.3 is 14.2 Å². The molecule has 0 radical (unpaired) electrons. The number of rotatable bonds is 5. The predicted octanol–water partition coefficient (Wildman–Crippen LogP) is 1.58. The number of ether oxygens (including phenoxy) is 3. The molecular formula is C14H16O6. The highest BCUT2D eigenvalue weighted by Gasteiger charge is 2.22. The molecule has 0 saturated heterocycles. The van der Waals surface area contributed by atoms with Crippen LogP contribution in [-0.2, 0) is 19.0 Å². The van der Waals surface area contributed by atoms with Gasteiger partial charge in [-0.15, -0.1) is 0 Å². The quantitative estimate of drug-likeness (QED) is 0.602. The summed E-state index contributed by atoms with van der Waals surface area (Å²) >= 11 is 0. The van der Waals surface area contributed by atoms with Crippen molar-refractivity contribution in [3.8, 4) is 0 Å². The van der Waals surface area contributed by atoms with Crippen molar-refractivity contribution in [3.05, 3.63) is 35.4 Å². The fourth-order valence-electron chi connectivity index (χ4n) is 1.52. The molecule has 0 bridgehead atoms. The van der Waals surface area contributed by atoms with E-state index in [0.717, 1.165) is 0 Å². The van der Waals surface area contributed by atoms with Crippen molar-refractivity contribution in [1.29, 1.82) is 0 Å². The number of carbonyl (C=O) groups excluding carboxylic acids is 3. The van der Waals surface area contributed by atoms with E-state index in [0.29, 0.717) is 6.42 Å². The second-order valence-corrected chi connectivity index (χ2v) is 3.90. The first-order valence-electron chi connectivity index (χ1n) is 6.00. The largest absolute Gasteiger partial charge is 0.466 e. The smallest absolute Gasteiger partial charge is 0.347 e. The monoisotopic (exact) mass is 280 g/mol. The highest BCUT2D eigenvalue weighted by molar-refractivity contribution is 5.96. The van der Waals surface area contributed by atoms with Gasteiger partial charge in [0.15, 0.2) is 6.10 Å². The van der Waals surface area contributed by atoms with Crippen LogP contribution in [0.5, 0.6) is 0 Å². The van der Waals surface area contributed by atoms with E-state index in [2.05, 4.69) is 9.47 Å². The minimum absolute atomic E-state index is 0.162. The molecule has 20 heavy (non-hydrogen) atoms. The molecule has 0 N–H and O–H groups in total. The Labute approximate surface area is 116 Å². The summed E-state index contributed by atoms with van der Waals surface area (Å²) in [5.74, 6) is -1.88. The van der Waals surface area contributed by atoms with Crippen molar-refractivity contribution in [2.24, 2.45) is 0 Å². The fourth-order valence-corrected chi connectivity index (χ4v) is 1.52. The van der Waals surface area contributed by atoms with Crippen LogP contribution >= 0.6 is 0 Å². The van der Waals surface area contributed by atoms with Gasteiger partial charge in [-0.1, -0.05) is 13.0 Å². The number of methoxy groups -OCH3 is 2. The van der Waals surface area contributed by atoms with Gasteiger partial charge in [-0.3, -0.25) is 0 Å². The first-order chi connectivity index (χ1) is 9.53. The molecule has 0 saturated carbocycles. The van der Waals surface area contributed by atoms with Gasteiger partial charge in [0, 0.05) is 0 Å². The highest BCUT2D eigenvalue weighted by Crippen LogP contribution is 2.11. The summed E-state index contributed by atoms with van der Waals surface area (Å²) in [7, 11) is 2.47. The minimum Gasteiger partial charge on any atom is -0.466 e. The molecule has 0 heterocycles. The summed E-state index contributed by atoms with van der Waals surface area (Å²) in [5, 5.41) is 0. The number of hydrogen-bond donors (Lipinski definition) is 0. The summed E-state index contributed by atoms with van der Waals surface area (Å²) in [6.45, 7) is 1.69. The predicted molar refractivity (Wildman–Crippen MR) is 69.3 cm³/mol. The number of benzene rings is 1. The van der Waals surface area contributed by atoms with Crippen LogP contribution in [0, 0.1) is 0 Å². The molecule has 108 valence electrons. The van der Waals surface area contributed by atoms with Crippen LogP contribution in [0.15, 0.2) is 24.3 Å². The Bertz CT molecular complexity index is 508. The lowest BCUT2D eigenvalue weighted by molar-refractivity contribution is -0.151. The molecule has 6 heteroatoms. The van der Waals surface area contributed by atoms with Crippen molar-refractivity contribution in [3.63, 3.8) is 0 Å². The number of carbonyl (C=O) groups is 3. The van der Waals surface area contributed by atoms with E-state index in [1.54, 1.807) is 6.92 Å². The third-order valence-corrected chi connectivity index (χ3v) is 2.60. The van der Waals surface area contributed by atoms with Gasteiger partial charge in [-0.2, -0.15) is 0 Å². The zero-order valence-electron chi connectivity index (χ0n) is 11.5. The fraction of sp³-hybridized carbons (Fsp3) is 0.357. The zero-order valence-corrected chi connectivity index (χ0v) is 11.5. The summed E-state index contributed by atoms with van der Waals surface area (Å²) in [4.78, 5) is 34.6. The van der Waals surface area contributed by atoms with Crippen LogP contribution in [0.3, 0.4) is 0 Å². The second kappa shape index (κ2) is 7.28. The minimum atomic E-state index is -0.964. The van der Waals surface area contributed by atoms with E-state index < -0.39 is 24.0 Å². The van der Waals surface area contributed by atoms with Gasteiger partial charge in [0.2, 0.25) is 0 Å². The number of hydrogen-bond acceptors (Lipinski definition) is 6. The third-order valence-electron chi connectivity index (χ3n) is 2.60. The Balaban J connectivity index is 2.87. The molecular weight excluding hydrogens is 264 g/mol. The summed E-state index contributed by atoms with van der Waals surface area (Å²) in [6, 6.07) is 5.87. The molecule has 1 aromatic rings. The van der Waals surface area contributed by atoms with Crippen LogP contribution in [-0.4, -0.2) is 38.2 Å². The van der Waals surface area contributed by atoms with Crippen LogP contribution in [0.1, 0.15) is 34.1 Å². The van der Waals surface area contributed by atoms with Gasteiger partial charge in [-0.05, 0) is 24.6 Å². The van der Waals surface area contributed by atoms with Crippen LogP contribution in [0.4, 0.5) is 0 Å². The lowest BCUT2D eigenvalue weighted by atomic mass is 10.1. The van der Waals surface area contributed by atoms with E-state index in [1.165, 1.54) is 38.5 Å². The first-order valence-corrected chi connectivity index (χ1v) is 6.00. The van der Waals surface area contributed by atoms with Crippen molar-refractivity contribution in [2.75, 3.05) is 14.2 Å². The maximum Gasteiger partial charge on any atom is 0.347 e. The lowest BCUT2D eigenvalue weighted by Gasteiger charge is -2.13. The SMILES string of the molecule is CC[C@@H](OC(=O)c1cccc(C(=O)OC)c1)C(=O)OC. The van der Waals surface area contributed by atoms with Gasteiger partial charge in [-0.25, -0.2) is 14.4 Å². The third kappa shape index (κ3) is 3.81. The molecule has 6 nitrogen and oxygen atoms in total. The van der Waals surface area contributed by atoms with Crippen LogP contribution < -0.4 is 0 Å². The average molecular weight is 280 g/mol. The lowest BCUT2D eigenvalue weighted by Crippen LogP contribution is -2.27. The van der Waals surface area contributed by atoms with E-state index >= 15 is 0 Å². The summed E-state index contributed by atoms with van der Waals surface area (Å²) in [6.07, 6.45) is -0.663. The molecule has 0 fully saturated rings. The molecule has 0 aliphatic rings. The molecule has 0 spiro atoms. The standard InChI is InChI=1S/C14H16O6/c1-4-11(14(17)19-3)20-13(16)10-7-5-6-9(8-10)12(15)18-2/h5-8,11H,4H2,1-3H3/t11-/m1/s1. The van der Waals surface area contributed by atoms with Gasteiger partial charge >= 0.3 is 17.9 Å². The van der Waals surface area contributed by atoms with Crippen molar-refractivity contribution in [1.82, 2.24) is 0 Å². The Morgan fingerprint density at radius 2 is 1.65 bits per heavy atom. The topological polar surface area (TPSA) is 78.9 Å². The van der Waals surface area contributed by atoms with Gasteiger partial charge in [0.1, 0.15) is 0 Å². The Morgan fingerprint density at radius 3 is 2.15 bits per heavy atom. The molecule has 0 amide bonds. The Hall–Kier alpha value is -2.37. The van der Waals surface area contributed by atoms with E-state index in [4.69, 9.17) is 4.74 Å². The highest BCUT2D eigenvalue weighted by atomic mass is 16.6. The van der Waals surface area contributed by atoms with Crippen molar-refractivity contribution < 1.29 is 28.6 Å². The molecule has 0 aliphatic heterocycles. The van der Waals surface area contributed by atoms with E-state index in [9.17, 15) is 14.4 Å². The van der Waals surface area contributed by atoms with Crippen LogP contribution in [0.25, 0.3) is 0 Å². The normalized spacial score (nSPS) is 11.3. The van der Waals surface area contributed by atoms with Gasteiger partial charge in [0.05, 0.1) is 25.3 Å². The summed E-state index contributed by atoms with van der Waals surface area (Å²) < 4.78 is 14.1. The van der Waals surface area contributed by atoms with Crippen molar-refractivity contribution >= 4 is 17.9 Å². The Kier molecular flexibility index (Phi) is 5.71. The molecule has 0 unspecified atom stereocenters. The first kappa shape index (κ1) is 15.7. The molecule has 1 rings (SSSR count). The van der Waals surface area contributed by atoms with Gasteiger partial charge in [0.25, 0.3) is 0 Å². The second-order valence-electron chi connectivity index (χ2n) is 3.90. The Morgan fingerprint density at radius 1 is 1.05 bits per heavy atom. The maximum absolute atomic E-state index is 11.9. The van der Waals surface area contributed by atoms with Crippen LogP contribution in [0.2, 0.25) is 0 Å². The molecule has 1 aromatic carbocycles. The molecule has 0 aliphatic carbocycles. The average Bonchev–Trinajstić information content (AvgIpc) is 2.50. The van der Waals surface area contributed by atoms with E-state index in [1.807, 2.05) is 0 Å². The van der Waals surface area contributed by atoms with E-state index in [-0.39, 0.29) is 11.1 Å². The maximum atomic E-state index is 11.9. The summed E-state index contributed by atoms with van der Waals surface area (Å²) in [5.41, 5.74) is 0.392. The zero-order chi connectivity index (χ0) is 15.1. The number of esters is 3. The van der Waals surface area contributed by atoms with Crippen molar-refractivity contribution in [2.45, 2.75) is 19.4 Å². The molecule has 0 aromatic heterocycles.